The van der Waals surface area contributed by atoms with E-state index in [-0.39, 0.29) is 13.2 Å². The number of benzene rings is 1. The Morgan fingerprint density at radius 1 is 1.39 bits per heavy atom. The minimum absolute atomic E-state index is 0.141. The van der Waals surface area contributed by atoms with Crippen LogP contribution in [0.1, 0.15) is 19.4 Å². The molecule has 1 unspecified atom stereocenters. The molecule has 0 aromatic heterocycles. The van der Waals surface area contributed by atoms with Gasteiger partial charge in [0.05, 0.1) is 24.8 Å². The molecule has 0 aliphatic carbocycles. The molecule has 0 saturated heterocycles. The molecule has 1 aliphatic rings. The van der Waals surface area contributed by atoms with Crippen LogP contribution in [0.5, 0.6) is 0 Å². The van der Waals surface area contributed by atoms with Crippen molar-refractivity contribution in [2.45, 2.75) is 26.4 Å². The van der Waals surface area contributed by atoms with Gasteiger partial charge < -0.3 is 4.74 Å². The number of halogens is 1. The molecule has 0 bridgehead atoms. The van der Waals surface area contributed by atoms with Crippen LogP contribution in [0.2, 0.25) is 0 Å². The first-order valence-corrected chi connectivity index (χ1v) is 9.34. The van der Waals surface area contributed by atoms with Crippen LogP contribution in [0.15, 0.2) is 40.5 Å². The first-order valence-electron chi connectivity index (χ1n) is 7.15. The fourth-order valence-electron chi connectivity index (χ4n) is 2.27. The Bertz CT molecular complexity index is 733. The Balaban J connectivity index is 2.39. The standard InChI is InChI=1S/C15H19BrN2O4S/c1-4-22-15(19)14-10-18(23(20,21)17(3)11(14)2)9-12-6-5-7-13(16)8-12/h5-8,10-11H,4,9H2,1-3H3. The molecule has 0 fully saturated rings. The maximum atomic E-state index is 12.6. The number of ether oxygens (including phenoxy) is 1. The Morgan fingerprint density at radius 2 is 2.09 bits per heavy atom. The van der Waals surface area contributed by atoms with Crippen LogP contribution >= 0.6 is 15.9 Å². The molecule has 1 aromatic rings. The molecule has 1 aliphatic heterocycles. The van der Waals surface area contributed by atoms with Crippen molar-refractivity contribution in [3.05, 3.63) is 46.1 Å². The highest BCUT2D eigenvalue weighted by atomic mass is 79.9. The molecular formula is C15H19BrN2O4S. The van der Waals surface area contributed by atoms with Crippen LogP contribution in [0.25, 0.3) is 0 Å². The smallest absolute Gasteiger partial charge is 0.337 e. The molecule has 0 radical (unpaired) electrons. The SMILES string of the molecule is CCOC(=O)C1=CN(Cc2cccc(Br)c2)S(=O)(=O)N(C)C1C. The van der Waals surface area contributed by atoms with Gasteiger partial charge in [0, 0.05) is 17.7 Å². The molecule has 0 amide bonds. The zero-order chi connectivity index (χ0) is 17.2. The normalized spacial score (nSPS) is 21.0. The molecule has 126 valence electrons. The number of esters is 1. The van der Waals surface area contributed by atoms with E-state index in [0.29, 0.717) is 5.57 Å². The maximum Gasteiger partial charge on any atom is 0.337 e. The van der Waals surface area contributed by atoms with Crippen LogP contribution in [-0.4, -0.2) is 42.7 Å². The lowest BCUT2D eigenvalue weighted by molar-refractivity contribution is -0.139. The summed E-state index contributed by atoms with van der Waals surface area (Å²) in [5.41, 5.74) is 1.13. The van der Waals surface area contributed by atoms with Crippen molar-refractivity contribution in [2.75, 3.05) is 13.7 Å². The minimum Gasteiger partial charge on any atom is -0.463 e. The molecule has 23 heavy (non-hydrogen) atoms. The number of likely N-dealkylation sites (N-methyl/N-ethyl adjacent to an activating group) is 1. The molecular weight excluding hydrogens is 384 g/mol. The van der Waals surface area contributed by atoms with Crippen molar-refractivity contribution in [3.63, 3.8) is 0 Å². The van der Waals surface area contributed by atoms with Gasteiger partial charge in [-0.1, -0.05) is 28.1 Å². The second-order valence-corrected chi connectivity index (χ2v) is 8.04. The van der Waals surface area contributed by atoms with Crippen molar-refractivity contribution in [1.29, 1.82) is 0 Å². The van der Waals surface area contributed by atoms with E-state index in [9.17, 15) is 13.2 Å². The van der Waals surface area contributed by atoms with Gasteiger partial charge in [-0.05, 0) is 31.5 Å². The van der Waals surface area contributed by atoms with Crippen LogP contribution < -0.4 is 0 Å². The molecule has 6 nitrogen and oxygen atoms in total. The predicted octanol–water partition coefficient (Wildman–Crippen LogP) is 2.28. The number of rotatable bonds is 4. The maximum absolute atomic E-state index is 12.6. The van der Waals surface area contributed by atoms with Crippen molar-refractivity contribution >= 4 is 32.1 Å². The van der Waals surface area contributed by atoms with E-state index in [1.807, 2.05) is 24.3 Å². The lowest BCUT2D eigenvalue weighted by Crippen LogP contribution is -2.49. The van der Waals surface area contributed by atoms with Crippen molar-refractivity contribution in [1.82, 2.24) is 8.61 Å². The topological polar surface area (TPSA) is 66.9 Å². The zero-order valence-corrected chi connectivity index (χ0v) is 15.6. The largest absolute Gasteiger partial charge is 0.463 e. The Morgan fingerprint density at radius 3 is 2.70 bits per heavy atom. The summed E-state index contributed by atoms with van der Waals surface area (Å²) >= 11 is 3.36. The summed E-state index contributed by atoms with van der Waals surface area (Å²) < 4.78 is 33.4. The molecule has 1 aromatic carbocycles. The van der Waals surface area contributed by atoms with Crippen molar-refractivity contribution in [3.8, 4) is 0 Å². The van der Waals surface area contributed by atoms with Gasteiger partial charge in [-0.15, -0.1) is 0 Å². The van der Waals surface area contributed by atoms with Crippen LogP contribution in [0.4, 0.5) is 0 Å². The fourth-order valence-corrected chi connectivity index (χ4v) is 4.12. The van der Waals surface area contributed by atoms with Crippen molar-refractivity contribution in [2.24, 2.45) is 0 Å². The molecule has 1 heterocycles. The summed E-state index contributed by atoms with van der Waals surface area (Å²) in [7, 11) is -2.22. The van der Waals surface area contributed by atoms with E-state index in [0.717, 1.165) is 10.0 Å². The third-order valence-corrected chi connectivity index (χ3v) is 6.04. The summed E-state index contributed by atoms with van der Waals surface area (Å²) in [6.07, 6.45) is 1.37. The van der Waals surface area contributed by atoms with Crippen LogP contribution in [0, 0.1) is 0 Å². The Labute approximate surface area is 145 Å². The summed E-state index contributed by atoms with van der Waals surface area (Å²) in [6, 6.07) is 6.79. The van der Waals surface area contributed by atoms with E-state index < -0.39 is 22.2 Å². The van der Waals surface area contributed by atoms with Crippen LogP contribution in [-0.2, 0) is 26.3 Å². The third-order valence-electron chi connectivity index (χ3n) is 3.68. The second-order valence-electron chi connectivity index (χ2n) is 5.18. The molecule has 2 rings (SSSR count). The summed E-state index contributed by atoms with van der Waals surface area (Å²) in [4.78, 5) is 12.1. The van der Waals surface area contributed by atoms with E-state index in [1.165, 1.54) is 21.9 Å². The minimum atomic E-state index is -3.68. The molecule has 0 saturated carbocycles. The molecule has 0 spiro atoms. The third kappa shape index (κ3) is 3.76. The van der Waals surface area contributed by atoms with Gasteiger partial charge >= 0.3 is 16.2 Å². The number of nitrogens with zero attached hydrogens (tertiary/aromatic N) is 2. The van der Waals surface area contributed by atoms with Gasteiger partial charge in [-0.2, -0.15) is 12.7 Å². The summed E-state index contributed by atoms with van der Waals surface area (Å²) in [5, 5.41) is 0. The Kier molecular flexibility index (Phi) is 5.49. The van der Waals surface area contributed by atoms with Gasteiger partial charge in [0.1, 0.15) is 0 Å². The monoisotopic (exact) mass is 402 g/mol. The summed E-state index contributed by atoms with van der Waals surface area (Å²) in [5.74, 6) is -0.499. The highest BCUT2D eigenvalue weighted by Gasteiger charge is 2.38. The van der Waals surface area contributed by atoms with Gasteiger partial charge in [0.15, 0.2) is 0 Å². The lowest BCUT2D eigenvalue weighted by Gasteiger charge is -2.36. The second kappa shape index (κ2) is 7.02. The van der Waals surface area contributed by atoms with Crippen molar-refractivity contribution < 1.29 is 17.9 Å². The molecule has 8 heteroatoms. The van der Waals surface area contributed by atoms with Gasteiger partial charge in [-0.3, -0.25) is 4.31 Å². The molecule has 0 N–H and O–H groups in total. The van der Waals surface area contributed by atoms with Gasteiger partial charge in [-0.25, -0.2) is 4.79 Å². The fraction of sp³-hybridized carbons (Fsp3) is 0.400. The first kappa shape index (κ1) is 18.0. The highest BCUT2D eigenvalue weighted by molar-refractivity contribution is 9.10. The number of hydrogen-bond acceptors (Lipinski definition) is 4. The van der Waals surface area contributed by atoms with E-state index in [1.54, 1.807) is 13.8 Å². The number of carbonyl (C=O) groups is 1. The van der Waals surface area contributed by atoms with Gasteiger partial charge in [0.2, 0.25) is 0 Å². The number of carbonyl (C=O) groups excluding carboxylic acids is 1. The van der Waals surface area contributed by atoms with Crippen LogP contribution in [0.3, 0.4) is 0 Å². The number of hydrogen-bond donors (Lipinski definition) is 0. The predicted molar refractivity (Wildman–Crippen MR) is 90.5 cm³/mol. The quantitative estimate of drug-likeness (QED) is 0.724. The highest BCUT2D eigenvalue weighted by Crippen LogP contribution is 2.26. The first-order chi connectivity index (χ1) is 10.8. The molecule has 1 atom stereocenters. The zero-order valence-electron chi connectivity index (χ0n) is 13.2. The lowest BCUT2D eigenvalue weighted by atomic mass is 10.1. The van der Waals surface area contributed by atoms with E-state index in [2.05, 4.69) is 15.9 Å². The average molecular weight is 403 g/mol. The average Bonchev–Trinajstić information content (AvgIpc) is 2.48. The van der Waals surface area contributed by atoms with E-state index >= 15 is 0 Å². The van der Waals surface area contributed by atoms with E-state index in [4.69, 9.17) is 4.74 Å². The summed E-state index contributed by atoms with van der Waals surface area (Å²) in [6.45, 7) is 3.76. The van der Waals surface area contributed by atoms with Gasteiger partial charge in [0.25, 0.3) is 0 Å². The Hall–Kier alpha value is -1.38.